The van der Waals surface area contributed by atoms with Gasteiger partial charge in [0.25, 0.3) is 0 Å². The monoisotopic (exact) mass is 224 g/mol. The second kappa shape index (κ2) is 5.50. The van der Waals surface area contributed by atoms with Crippen LogP contribution in [0.5, 0.6) is 0 Å². The van der Waals surface area contributed by atoms with E-state index >= 15 is 0 Å². The van der Waals surface area contributed by atoms with Gasteiger partial charge in [0, 0.05) is 12.1 Å². The lowest BCUT2D eigenvalue weighted by molar-refractivity contribution is 0.231. The second-order valence-electron chi connectivity index (χ2n) is 6.06. The Balaban J connectivity index is 1.71. The van der Waals surface area contributed by atoms with Crippen LogP contribution in [0.1, 0.15) is 58.3 Å². The number of hydrogen-bond acceptors (Lipinski definition) is 2. The summed E-state index contributed by atoms with van der Waals surface area (Å²) in [6.45, 7) is 6.13. The normalized spacial score (nSPS) is 24.2. The fraction of sp³-hybridized carbons (Fsp3) is 1.00. The van der Waals surface area contributed by atoms with Crippen LogP contribution < -0.4 is 5.73 Å². The molecule has 0 radical (unpaired) electrons. The van der Waals surface area contributed by atoms with E-state index < -0.39 is 0 Å². The van der Waals surface area contributed by atoms with Gasteiger partial charge in [-0.05, 0) is 57.5 Å². The van der Waals surface area contributed by atoms with Crippen LogP contribution in [0.4, 0.5) is 0 Å². The lowest BCUT2D eigenvalue weighted by Gasteiger charge is -2.29. The highest BCUT2D eigenvalue weighted by Gasteiger charge is 2.30. The first-order valence-electron chi connectivity index (χ1n) is 7.23. The van der Waals surface area contributed by atoms with Crippen molar-refractivity contribution in [1.82, 2.24) is 4.90 Å². The first-order chi connectivity index (χ1) is 7.72. The molecular weight excluding hydrogens is 196 g/mol. The highest BCUT2D eigenvalue weighted by atomic mass is 15.1. The molecule has 0 amide bonds. The Labute approximate surface area is 101 Å². The third-order valence-electron chi connectivity index (χ3n) is 4.28. The molecule has 0 heterocycles. The molecule has 0 saturated heterocycles. The second-order valence-corrected chi connectivity index (χ2v) is 6.06. The first kappa shape index (κ1) is 12.4. The summed E-state index contributed by atoms with van der Waals surface area (Å²) in [6.07, 6.45) is 10.7. The largest absolute Gasteiger partial charge is 0.325 e. The van der Waals surface area contributed by atoms with Gasteiger partial charge in [0.05, 0.1) is 0 Å². The predicted molar refractivity (Wildman–Crippen MR) is 69.5 cm³/mol. The van der Waals surface area contributed by atoms with Gasteiger partial charge < -0.3 is 10.6 Å². The zero-order chi connectivity index (χ0) is 11.4. The summed E-state index contributed by atoms with van der Waals surface area (Å²) in [5.41, 5.74) is 6.61. The lowest BCUT2D eigenvalue weighted by atomic mass is 9.94. The average molecular weight is 224 g/mol. The zero-order valence-electron chi connectivity index (χ0n) is 10.9. The third kappa shape index (κ3) is 3.74. The van der Waals surface area contributed by atoms with Crippen molar-refractivity contribution in [2.24, 2.45) is 11.7 Å². The molecule has 2 aliphatic carbocycles. The maximum Gasteiger partial charge on any atom is 0.0166 e. The van der Waals surface area contributed by atoms with Gasteiger partial charge in [-0.25, -0.2) is 0 Å². The maximum atomic E-state index is 6.42. The van der Waals surface area contributed by atoms with Crippen molar-refractivity contribution in [2.45, 2.75) is 63.8 Å². The van der Waals surface area contributed by atoms with Crippen molar-refractivity contribution in [3.05, 3.63) is 0 Å². The van der Waals surface area contributed by atoms with E-state index in [0.29, 0.717) is 0 Å². The summed E-state index contributed by atoms with van der Waals surface area (Å²) >= 11 is 0. The van der Waals surface area contributed by atoms with E-state index in [9.17, 15) is 0 Å². The number of nitrogens with two attached hydrogens (primary N) is 1. The molecule has 0 bridgehead atoms. The number of nitrogens with zero attached hydrogens (tertiary/aromatic N) is 1. The molecular formula is C14H28N2. The van der Waals surface area contributed by atoms with Crippen LogP contribution in [0.2, 0.25) is 0 Å². The fourth-order valence-corrected chi connectivity index (χ4v) is 2.99. The molecule has 0 aliphatic heterocycles. The molecule has 2 N–H and O–H groups in total. The standard InChI is InChI=1S/C14H28N2/c1-2-10-16(12-13-5-6-13)11-9-14(15)7-3-4-8-14/h13H,2-12,15H2,1H3. The van der Waals surface area contributed by atoms with E-state index in [-0.39, 0.29) is 5.54 Å². The average Bonchev–Trinajstić information content (AvgIpc) is 2.97. The van der Waals surface area contributed by atoms with Gasteiger partial charge >= 0.3 is 0 Å². The van der Waals surface area contributed by atoms with E-state index in [1.165, 1.54) is 71.0 Å². The molecule has 2 heteroatoms. The van der Waals surface area contributed by atoms with Crippen molar-refractivity contribution < 1.29 is 0 Å². The van der Waals surface area contributed by atoms with Crippen LogP contribution in [0.3, 0.4) is 0 Å². The van der Waals surface area contributed by atoms with E-state index in [2.05, 4.69) is 11.8 Å². The minimum atomic E-state index is 0.190. The number of hydrogen-bond donors (Lipinski definition) is 1. The number of rotatable bonds is 7. The van der Waals surface area contributed by atoms with E-state index in [0.717, 1.165) is 5.92 Å². The van der Waals surface area contributed by atoms with Gasteiger partial charge in [-0.15, -0.1) is 0 Å². The molecule has 0 atom stereocenters. The van der Waals surface area contributed by atoms with E-state index in [1.807, 2.05) is 0 Å². The Hall–Kier alpha value is -0.0800. The Bertz CT molecular complexity index is 205. The Morgan fingerprint density at radius 3 is 2.44 bits per heavy atom. The molecule has 0 aromatic rings. The van der Waals surface area contributed by atoms with Crippen molar-refractivity contribution >= 4 is 0 Å². The summed E-state index contributed by atoms with van der Waals surface area (Å²) in [7, 11) is 0. The maximum absolute atomic E-state index is 6.42. The minimum absolute atomic E-state index is 0.190. The SMILES string of the molecule is CCCN(CCC1(N)CCCC1)CC1CC1. The van der Waals surface area contributed by atoms with E-state index in [1.54, 1.807) is 0 Å². The van der Waals surface area contributed by atoms with Crippen LogP contribution in [-0.4, -0.2) is 30.1 Å². The van der Waals surface area contributed by atoms with Crippen molar-refractivity contribution in [1.29, 1.82) is 0 Å². The smallest absolute Gasteiger partial charge is 0.0166 e. The molecule has 0 aromatic carbocycles. The lowest BCUT2D eigenvalue weighted by Crippen LogP contribution is -2.41. The summed E-state index contributed by atoms with van der Waals surface area (Å²) in [4.78, 5) is 2.66. The molecule has 0 spiro atoms. The molecule has 94 valence electrons. The van der Waals surface area contributed by atoms with Crippen molar-refractivity contribution in [3.63, 3.8) is 0 Å². The van der Waals surface area contributed by atoms with Crippen molar-refractivity contribution in [3.8, 4) is 0 Å². The van der Waals surface area contributed by atoms with Crippen LogP contribution in [-0.2, 0) is 0 Å². The zero-order valence-corrected chi connectivity index (χ0v) is 10.9. The highest BCUT2D eigenvalue weighted by Crippen LogP contribution is 2.32. The van der Waals surface area contributed by atoms with Gasteiger partial charge in [-0.3, -0.25) is 0 Å². The molecule has 16 heavy (non-hydrogen) atoms. The van der Waals surface area contributed by atoms with Crippen LogP contribution in [0, 0.1) is 5.92 Å². The van der Waals surface area contributed by atoms with Crippen LogP contribution >= 0.6 is 0 Å². The van der Waals surface area contributed by atoms with Crippen LogP contribution in [0.15, 0.2) is 0 Å². The van der Waals surface area contributed by atoms with Crippen molar-refractivity contribution in [2.75, 3.05) is 19.6 Å². The van der Waals surface area contributed by atoms with Gasteiger partial charge in [0.1, 0.15) is 0 Å². The first-order valence-corrected chi connectivity index (χ1v) is 7.23. The summed E-state index contributed by atoms with van der Waals surface area (Å²) in [6, 6.07) is 0. The quantitative estimate of drug-likeness (QED) is 0.720. The molecule has 2 nitrogen and oxygen atoms in total. The molecule has 2 fully saturated rings. The third-order valence-corrected chi connectivity index (χ3v) is 4.28. The van der Waals surface area contributed by atoms with Gasteiger partial charge in [0.15, 0.2) is 0 Å². The highest BCUT2D eigenvalue weighted by molar-refractivity contribution is 4.90. The molecule has 2 rings (SSSR count). The topological polar surface area (TPSA) is 29.3 Å². The summed E-state index contributed by atoms with van der Waals surface area (Å²) in [5.74, 6) is 1.02. The Kier molecular flexibility index (Phi) is 4.26. The summed E-state index contributed by atoms with van der Waals surface area (Å²) in [5, 5.41) is 0. The minimum Gasteiger partial charge on any atom is -0.325 e. The Morgan fingerprint density at radius 1 is 1.19 bits per heavy atom. The predicted octanol–water partition coefficient (Wildman–Crippen LogP) is 2.77. The van der Waals surface area contributed by atoms with Crippen LogP contribution in [0.25, 0.3) is 0 Å². The fourth-order valence-electron chi connectivity index (χ4n) is 2.99. The van der Waals surface area contributed by atoms with Gasteiger partial charge in [-0.1, -0.05) is 19.8 Å². The van der Waals surface area contributed by atoms with E-state index in [4.69, 9.17) is 5.73 Å². The van der Waals surface area contributed by atoms with Gasteiger partial charge in [0.2, 0.25) is 0 Å². The molecule has 0 aromatic heterocycles. The molecule has 2 aliphatic rings. The molecule has 0 unspecified atom stereocenters. The summed E-state index contributed by atoms with van der Waals surface area (Å²) < 4.78 is 0. The molecule has 2 saturated carbocycles. The van der Waals surface area contributed by atoms with Gasteiger partial charge in [-0.2, -0.15) is 0 Å². The Morgan fingerprint density at radius 2 is 1.88 bits per heavy atom.